The van der Waals surface area contributed by atoms with E-state index in [9.17, 15) is 9.18 Å². The Morgan fingerprint density at radius 1 is 1.18 bits per heavy atom. The Morgan fingerprint density at radius 3 is 2.54 bits per heavy atom. The third-order valence-corrected chi connectivity index (χ3v) is 4.15. The molecule has 0 bridgehead atoms. The molecule has 3 rings (SSSR count). The van der Waals surface area contributed by atoms with Crippen molar-refractivity contribution in [2.45, 2.75) is 25.9 Å². The maximum Gasteiger partial charge on any atom is 0.252 e. The molecular formula is C18H21FN8O. The second-order valence-corrected chi connectivity index (χ2v) is 6.37. The molecule has 2 atom stereocenters. The summed E-state index contributed by atoms with van der Waals surface area (Å²) in [4.78, 5) is 17.4. The number of hydrogen-bond donors (Lipinski definition) is 4. The van der Waals surface area contributed by atoms with Crippen molar-refractivity contribution in [2.24, 2.45) is 11.5 Å². The van der Waals surface area contributed by atoms with E-state index in [1.807, 2.05) is 6.07 Å². The maximum atomic E-state index is 14.4. The van der Waals surface area contributed by atoms with E-state index >= 15 is 0 Å². The number of primary amides is 1. The number of benzene rings is 1. The zero-order valence-electron chi connectivity index (χ0n) is 15.4. The van der Waals surface area contributed by atoms with Gasteiger partial charge >= 0.3 is 0 Å². The van der Waals surface area contributed by atoms with Crippen LogP contribution in [0, 0.1) is 5.82 Å². The molecule has 2 heterocycles. The summed E-state index contributed by atoms with van der Waals surface area (Å²) >= 11 is 0. The average molecular weight is 384 g/mol. The van der Waals surface area contributed by atoms with Crippen molar-refractivity contribution in [3.8, 4) is 5.69 Å². The lowest BCUT2D eigenvalue weighted by atomic mass is 10.1. The molecule has 0 aliphatic rings. The summed E-state index contributed by atoms with van der Waals surface area (Å²) in [6.07, 6.45) is 3.12. The molecule has 146 valence electrons. The topological polar surface area (TPSA) is 137 Å². The SMILES string of the molecule is CC(N)C(C)Nc1nc(Nc2cccc(-n3nccn3)c2)c(C(N)=O)cc1F. The highest BCUT2D eigenvalue weighted by Crippen LogP contribution is 2.25. The minimum Gasteiger partial charge on any atom is -0.365 e. The summed E-state index contributed by atoms with van der Waals surface area (Å²) in [7, 11) is 0. The van der Waals surface area contributed by atoms with Gasteiger partial charge < -0.3 is 22.1 Å². The average Bonchev–Trinajstić information content (AvgIpc) is 3.19. The van der Waals surface area contributed by atoms with E-state index in [0.717, 1.165) is 6.07 Å². The summed E-state index contributed by atoms with van der Waals surface area (Å²) in [6, 6.07) is 7.71. The van der Waals surface area contributed by atoms with Crippen molar-refractivity contribution in [1.82, 2.24) is 20.0 Å². The Morgan fingerprint density at radius 2 is 1.89 bits per heavy atom. The van der Waals surface area contributed by atoms with Gasteiger partial charge in [0.25, 0.3) is 5.91 Å². The van der Waals surface area contributed by atoms with Crippen LogP contribution >= 0.6 is 0 Å². The first-order valence-electron chi connectivity index (χ1n) is 8.61. The highest BCUT2D eigenvalue weighted by atomic mass is 19.1. The zero-order valence-corrected chi connectivity index (χ0v) is 15.4. The molecule has 10 heteroatoms. The fraction of sp³-hybridized carbons (Fsp3) is 0.222. The normalized spacial score (nSPS) is 13.0. The molecule has 0 saturated carbocycles. The molecule has 0 spiro atoms. The molecule has 2 aromatic heterocycles. The third kappa shape index (κ3) is 4.23. The quantitative estimate of drug-likeness (QED) is 0.487. The van der Waals surface area contributed by atoms with Crippen molar-refractivity contribution in [1.29, 1.82) is 0 Å². The molecule has 0 aliphatic heterocycles. The Hall–Kier alpha value is -3.53. The number of carbonyl (C=O) groups excluding carboxylic acids is 1. The number of nitrogens with zero attached hydrogens (tertiary/aromatic N) is 4. The fourth-order valence-electron chi connectivity index (χ4n) is 2.41. The molecule has 0 saturated heterocycles. The van der Waals surface area contributed by atoms with E-state index in [0.29, 0.717) is 11.4 Å². The van der Waals surface area contributed by atoms with Gasteiger partial charge in [0.1, 0.15) is 5.82 Å². The van der Waals surface area contributed by atoms with Gasteiger partial charge in [-0.1, -0.05) is 6.07 Å². The smallest absolute Gasteiger partial charge is 0.252 e. The van der Waals surface area contributed by atoms with Crippen LogP contribution in [0.2, 0.25) is 0 Å². The number of anilines is 3. The summed E-state index contributed by atoms with van der Waals surface area (Å²) in [5.41, 5.74) is 12.4. The van der Waals surface area contributed by atoms with Gasteiger partial charge in [0.15, 0.2) is 11.6 Å². The number of halogens is 1. The van der Waals surface area contributed by atoms with Crippen LogP contribution in [0.1, 0.15) is 24.2 Å². The van der Waals surface area contributed by atoms with Gasteiger partial charge in [-0.2, -0.15) is 15.0 Å². The van der Waals surface area contributed by atoms with Gasteiger partial charge in [-0.05, 0) is 38.1 Å². The number of carbonyl (C=O) groups is 1. The molecular weight excluding hydrogens is 363 g/mol. The monoisotopic (exact) mass is 384 g/mol. The summed E-state index contributed by atoms with van der Waals surface area (Å²) < 4.78 is 14.4. The molecule has 0 fully saturated rings. The maximum absolute atomic E-state index is 14.4. The molecule has 2 unspecified atom stereocenters. The number of nitrogens with one attached hydrogen (secondary N) is 2. The highest BCUT2D eigenvalue weighted by Gasteiger charge is 2.18. The molecule has 28 heavy (non-hydrogen) atoms. The minimum absolute atomic E-state index is 0.0257. The standard InChI is InChI=1S/C18H21FN8O/c1-10(20)11(2)24-18-15(19)9-14(16(21)28)17(26-18)25-12-4-3-5-13(8-12)27-22-6-7-23-27/h3-11H,20H2,1-2H3,(H2,21,28)(H2,24,25,26). The van der Waals surface area contributed by atoms with E-state index in [2.05, 4.69) is 25.8 Å². The van der Waals surface area contributed by atoms with Crippen LogP contribution in [0.5, 0.6) is 0 Å². The molecule has 1 aromatic carbocycles. The van der Waals surface area contributed by atoms with Gasteiger partial charge in [0.2, 0.25) is 0 Å². The van der Waals surface area contributed by atoms with Crippen LogP contribution in [0.3, 0.4) is 0 Å². The Bertz CT molecular complexity index is 974. The van der Waals surface area contributed by atoms with Crippen LogP contribution in [-0.2, 0) is 0 Å². The Balaban J connectivity index is 1.96. The van der Waals surface area contributed by atoms with Crippen molar-refractivity contribution in [3.05, 3.63) is 54.1 Å². The van der Waals surface area contributed by atoms with Crippen LogP contribution in [0.15, 0.2) is 42.7 Å². The second-order valence-electron chi connectivity index (χ2n) is 6.37. The molecule has 0 radical (unpaired) electrons. The van der Waals surface area contributed by atoms with Gasteiger partial charge in [-0.25, -0.2) is 9.37 Å². The number of nitrogens with two attached hydrogens (primary N) is 2. The van der Waals surface area contributed by atoms with Gasteiger partial charge in [-0.3, -0.25) is 4.79 Å². The Kier molecular flexibility index (Phi) is 5.50. The summed E-state index contributed by atoms with van der Waals surface area (Å²) in [5.74, 6) is -1.40. The molecule has 0 aliphatic carbocycles. The number of amides is 1. The van der Waals surface area contributed by atoms with Crippen molar-refractivity contribution in [2.75, 3.05) is 10.6 Å². The lowest BCUT2D eigenvalue weighted by Crippen LogP contribution is -2.35. The summed E-state index contributed by atoms with van der Waals surface area (Å²) in [6.45, 7) is 3.60. The van der Waals surface area contributed by atoms with Gasteiger partial charge in [0, 0.05) is 17.8 Å². The molecule has 9 nitrogen and oxygen atoms in total. The van der Waals surface area contributed by atoms with Crippen LogP contribution in [-0.4, -0.2) is 38.0 Å². The first kappa shape index (κ1) is 19.2. The number of rotatable bonds is 7. The number of hydrogen-bond acceptors (Lipinski definition) is 7. The largest absolute Gasteiger partial charge is 0.365 e. The lowest BCUT2D eigenvalue weighted by Gasteiger charge is -2.20. The number of pyridine rings is 1. The van der Waals surface area contributed by atoms with Crippen molar-refractivity contribution in [3.63, 3.8) is 0 Å². The molecule has 3 aromatic rings. The first-order valence-corrected chi connectivity index (χ1v) is 8.61. The Labute approximate surface area is 160 Å². The number of aromatic nitrogens is 4. The van der Waals surface area contributed by atoms with E-state index in [-0.39, 0.29) is 29.3 Å². The van der Waals surface area contributed by atoms with E-state index in [1.165, 1.54) is 4.80 Å². The van der Waals surface area contributed by atoms with Gasteiger partial charge in [-0.15, -0.1) is 0 Å². The van der Waals surface area contributed by atoms with Crippen molar-refractivity contribution < 1.29 is 9.18 Å². The third-order valence-electron chi connectivity index (χ3n) is 4.15. The van der Waals surface area contributed by atoms with E-state index in [4.69, 9.17) is 11.5 Å². The lowest BCUT2D eigenvalue weighted by molar-refractivity contribution is 0.100. The fourth-order valence-corrected chi connectivity index (χ4v) is 2.41. The van der Waals surface area contributed by atoms with Gasteiger partial charge in [0.05, 0.1) is 23.6 Å². The summed E-state index contributed by atoms with van der Waals surface area (Å²) in [5, 5.41) is 14.1. The van der Waals surface area contributed by atoms with E-state index in [1.54, 1.807) is 44.4 Å². The van der Waals surface area contributed by atoms with Crippen LogP contribution in [0.4, 0.5) is 21.7 Å². The molecule has 6 N–H and O–H groups in total. The predicted molar refractivity (Wildman–Crippen MR) is 104 cm³/mol. The van der Waals surface area contributed by atoms with Crippen LogP contribution < -0.4 is 22.1 Å². The first-order chi connectivity index (χ1) is 13.3. The van der Waals surface area contributed by atoms with Crippen LogP contribution in [0.25, 0.3) is 5.69 Å². The minimum atomic E-state index is -0.800. The predicted octanol–water partition coefficient (Wildman–Crippen LogP) is 1.79. The highest BCUT2D eigenvalue weighted by molar-refractivity contribution is 5.98. The zero-order chi connectivity index (χ0) is 20.3. The molecule has 1 amide bonds. The second kappa shape index (κ2) is 8.01. The van der Waals surface area contributed by atoms with Crippen molar-refractivity contribution >= 4 is 23.2 Å². The van der Waals surface area contributed by atoms with E-state index < -0.39 is 11.7 Å².